The zero-order valence-electron chi connectivity index (χ0n) is 18.2. The van der Waals surface area contributed by atoms with Crippen molar-refractivity contribution in [3.05, 3.63) is 65.2 Å². The van der Waals surface area contributed by atoms with Crippen molar-refractivity contribution in [1.29, 1.82) is 0 Å². The average Bonchev–Trinajstić information content (AvgIpc) is 3.34. The molecule has 0 saturated carbocycles. The Hall–Kier alpha value is -3.35. The van der Waals surface area contributed by atoms with E-state index in [-0.39, 0.29) is 11.9 Å². The molecule has 0 aromatic heterocycles. The van der Waals surface area contributed by atoms with Crippen molar-refractivity contribution >= 4 is 23.6 Å². The second-order valence-electron chi connectivity index (χ2n) is 8.54. The van der Waals surface area contributed by atoms with E-state index in [2.05, 4.69) is 41.8 Å². The van der Waals surface area contributed by atoms with E-state index in [4.69, 9.17) is 4.99 Å². The number of likely N-dealkylation sites (N-methyl/N-ethyl adjacent to an activating group) is 1. The zero-order valence-corrected chi connectivity index (χ0v) is 18.2. The number of fused-ring (bicyclic) bond motifs is 3. The normalized spacial score (nSPS) is 22.7. The first-order valence-corrected chi connectivity index (χ1v) is 10.8. The number of nitrogens with zero attached hydrogens (tertiary/aromatic N) is 5. The first-order chi connectivity index (χ1) is 15.0. The van der Waals surface area contributed by atoms with Crippen LogP contribution < -0.4 is 4.90 Å². The molecule has 3 aliphatic rings. The molecule has 2 fully saturated rings. The van der Waals surface area contributed by atoms with E-state index in [1.54, 1.807) is 11.9 Å². The Balaban J connectivity index is 1.40. The molecule has 7 nitrogen and oxygen atoms in total. The van der Waals surface area contributed by atoms with E-state index in [0.717, 1.165) is 23.8 Å². The van der Waals surface area contributed by atoms with Gasteiger partial charge in [-0.1, -0.05) is 42.5 Å². The Kier molecular flexibility index (Phi) is 4.68. The summed E-state index contributed by atoms with van der Waals surface area (Å²) in [7, 11) is 1.75. The van der Waals surface area contributed by atoms with Crippen molar-refractivity contribution in [2.45, 2.75) is 32.5 Å². The van der Waals surface area contributed by atoms with Crippen LogP contribution in [0.3, 0.4) is 0 Å². The number of urea groups is 1. The summed E-state index contributed by atoms with van der Waals surface area (Å²) in [6.45, 7) is 6.04. The SMILES string of the molecule is Cc1ccc(C)c(N2CCN3C2=NC2C3C(=O)N(CCc3ccccc3)C(=O)N2C)c1. The molecule has 3 heterocycles. The molecule has 2 aromatic rings. The smallest absolute Gasteiger partial charge is 0.325 e. The van der Waals surface area contributed by atoms with Crippen LogP contribution >= 0.6 is 0 Å². The molecule has 7 heteroatoms. The summed E-state index contributed by atoms with van der Waals surface area (Å²) in [6, 6.07) is 15.6. The van der Waals surface area contributed by atoms with Gasteiger partial charge in [0.2, 0.25) is 5.96 Å². The number of benzene rings is 2. The molecule has 2 saturated heterocycles. The van der Waals surface area contributed by atoms with Gasteiger partial charge < -0.3 is 14.7 Å². The highest BCUT2D eigenvalue weighted by molar-refractivity contribution is 6.08. The second kappa shape index (κ2) is 7.41. The number of amides is 3. The van der Waals surface area contributed by atoms with Gasteiger partial charge >= 0.3 is 6.03 Å². The molecule has 31 heavy (non-hydrogen) atoms. The number of carbonyl (C=O) groups is 2. The predicted molar refractivity (Wildman–Crippen MR) is 120 cm³/mol. The first kappa shape index (κ1) is 19.6. The molecule has 0 radical (unpaired) electrons. The van der Waals surface area contributed by atoms with E-state index < -0.39 is 12.2 Å². The highest BCUT2D eigenvalue weighted by Crippen LogP contribution is 2.34. The van der Waals surface area contributed by atoms with Crippen LogP contribution in [0, 0.1) is 13.8 Å². The van der Waals surface area contributed by atoms with Gasteiger partial charge in [-0.2, -0.15) is 0 Å². The molecule has 0 N–H and O–H groups in total. The van der Waals surface area contributed by atoms with Crippen LogP contribution in [-0.2, 0) is 11.2 Å². The Morgan fingerprint density at radius 1 is 1.03 bits per heavy atom. The lowest BCUT2D eigenvalue weighted by molar-refractivity contribution is -0.137. The Bertz CT molecular complexity index is 1070. The molecule has 3 amide bonds. The molecule has 3 aliphatic heterocycles. The molecule has 0 spiro atoms. The highest BCUT2D eigenvalue weighted by Gasteiger charge is 2.54. The zero-order chi connectivity index (χ0) is 21.7. The van der Waals surface area contributed by atoms with Gasteiger partial charge in [-0.3, -0.25) is 9.69 Å². The van der Waals surface area contributed by atoms with Gasteiger partial charge in [0.25, 0.3) is 5.91 Å². The molecule has 2 unspecified atom stereocenters. The lowest BCUT2D eigenvalue weighted by atomic mass is 10.1. The number of aryl methyl sites for hydroxylation is 2. The van der Waals surface area contributed by atoms with Crippen molar-refractivity contribution < 1.29 is 9.59 Å². The van der Waals surface area contributed by atoms with Crippen LogP contribution in [0.5, 0.6) is 0 Å². The fourth-order valence-corrected chi connectivity index (χ4v) is 4.77. The summed E-state index contributed by atoms with van der Waals surface area (Å²) in [5, 5.41) is 0. The lowest BCUT2D eigenvalue weighted by Crippen LogP contribution is -2.65. The fourth-order valence-electron chi connectivity index (χ4n) is 4.77. The van der Waals surface area contributed by atoms with Gasteiger partial charge in [0.15, 0.2) is 12.2 Å². The van der Waals surface area contributed by atoms with E-state index >= 15 is 0 Å². The molecular weight excluding hydrogens is 390 g/mol. The molecule has 160 valence electrons. The summed E-state index contributed by atoms with van der Waals surface area (Å²) in [4.78, 5) is 38.6. The van der Waals surface area contributed by atoms with Gasteiger partial charge in [0.05, 0.1) is 0 Å². The van der Waals surface area contributed by atoms with E-state index in [1.165, 1.54) is 16.0 Å². The molecule has 0 aliphatic carbocycles. The third-order valence-electron chi connectivity index (χ3n) is 6.50. The molecule has 0 bridgehead atoms. The van der Waals surface area contributed by atoms with Crippen LogP contribution in [0.25, 0.3) is 0 Å². The van der Waals surface area contributed by atoms with Gasteiger partial charge in [-0.25, -0.2) is 9.79 Å². The van der Waals surface area contributed by atoms with Crippen molar-refractivity contribution in [1.82, 2.24) is 14.7 Å². The topological polar surface area (TPSA) is 59.5 Å². The first-order valence-electron chi connectivity index (χ1n) is 10.8. The standard InChI is InChI=1S/C24H27N5O2/c1-16-9-10-17(2)19(15-16)27-13-14-28-20-21(25-23(27)28)26(3)24(31)29(22(20)30)12-11-18-7-5-4-6-8-18/h4-10,15,20-21H,11-14H2,1-3H3. The Morgan fingerprint density at radius 3 is 2.58 bits per heavy atom. The number of imide groups is 1. The van der Waals surface area contributed by atoms with Gasteiger partial charge in [0.1, 0.15) is 0 Å². The summed E-state index contributed by atoms with van der Waals surface area (Å²) in [6.07, 6.45) is 0.169. The quantitative estimate of drug-likeness (QED) is 0.767. The van der Waals surface area contributed by atoms with Crippen LogP contribution in [0.2, 0.25) is 0 Å². The van der Waals surface area contributed by atoms with E-state index in [0.29, 0.717) is 19.5 Å². The third-order valence-corrected chi connectivity index (χ3v) is 6.50. The maximum atomic E-state index is 13.4. The second-order valence-corrected chi connectivity index (χ2v) is 8.54. The lowest BCUT2D eigenvalue weighted by Gasteiger charge is -2.40. The maximum Gasteiger partial charge on any atom is 0.328 e. The van der Waals surface area contributed by atoms with Crippen molar-refractivity contribution in [3.63, 3.8) is 0 Å². The predicted octanol–water partition coefficient (Wildman–Crippen LogP) is 2.63. The third kappa shape index (κ3) is 3.15. The summed E-state index contributed by atoms with van der Waals surface area (Å²) in [5.41, 5.74) is 4.58. The molecule has 2 aromatic carbocycles. The Labute approximate surface area is 182 Å². The summed E-state index contributed by atoms with van der Waals surface area (Å²) >= 11 is 0. The van der Waals surface area contributed by atoms with E-state index in [1.807, 2.05) is 30.3 Å². The minimum Gasteiger partial charge on any atom is -0.325 e. The monoisotopic (exact) mass is 417 g/mol. The number of guanidine groups is 1. The minimum absolute atomic E-state index is 0.148. The molecule has 5 rings (SSSR count). The number of hydrogen-bond acceptors (Lipinski definition) is 5. The van der Waals surface area contributed by atoms with Crippen LogP contribution in [0.1, 0.15) is 16.7 Å². The number of anilines is 1. The van der Waals surface area contributed by atoms with Gasteiger partial charge in [-0.15, -0.1) is 0 Å². The van der Waals surface area contributed by atoms with Gasteiger partial charge in [0, 0.05) is 32.4 Å². The average molecular weight is 418 g/mol. The van der Waals surface area contributed by atoms with Crippen molar-refractivity contribution in [2.24, 2.45) is 4.99 Å². The molecule has 2 atom stereocenters. The maximum absolute atomic E-state index is 13.4. The van der Waals surface area contributed by atoms with Crippen molar-refractivity contribution in [2.75, 3.05) is 31.6 Å². The largest absolute Gasteiger partial charge is 0.328 e. The summed E-state index contributed by atoms with van der Waals surface area (Å²) in [5.74, 6) is 0.646. The number of carbonyl (C=O) groups excluding carboxylic acids is 2. The van der Waals surface area contributed by atoms with Crippen LogP contribution in [0.15, 0.2) is 53.5 Å². The number of aliphatic imine (C=N–C) groups is 1. The highest BCUT2D eigenvalue weighted by atomic mass is 16.2. The minimum atomic E-state index is -0.476. The van der Waals surface area contributed by atoms with Gasteiger partial charge in [-0.05, 0) is 43.0 Å². The molecular formula is C24H27N5O2. The fraction of sp³-hybridized carbons (Fsp3) is 0.375. The van der Waals surface area contributed by atoms with Crippen LogP contribution in [0.4, 0.5) is 10.5 Å². The summed E-state index contributed by atoms with van der Waals surface area (Å²) < 4.78 is 0. The Morgan fingerprint density at radius 2 is 1.81 bits per heavy atom. The number of hydrogen-bond donors (Lipinski definition) is 0. The van der Waals surface area contributed by atoms with Crippen LogP contribution in [-0.4, -0.2) is 71.5 Å². The number of rotatable bonds is 4. The van der Waals surface area contributed by atoms with E-state index in [9.17, 15) is 9.59 Å². The van der Waals surface area contributed by atoms with Crippen molar-refractivity contribution in [3.8, 4) is 0 Å².